The van der Waals surface area contributed by atoms with Gasteiger partial charge < -0.3 is 14.7 Å². The number of carbonyl (C=O) groups is 2. The number of aryl methyl sites for hydroxylation is 1. The quantitative estimate of drug-likeness (QED) is 0.812. The highest BCUT2D eigenvalue weighted by atomic mass is 16.5. The molecule has 0 saturated carbocycles. The smallest absolute Gasteiger partial charge is 0.311 e. The first-order chi connectivity index (χ1) is 10.6. The van der Waals surface area contributed by atoms with Crippen molar-refractivity contribution in [1.82, 2.24) is 14.7 Å². The summed E-state index contributed by atoms with van der Waals surface area (Å²) in [6.45, 7) is 1.80. The third-order valence-corrected chi connectivity index (χ3v) is 4.28. The van der Waals surface area contributed by atoms with Crippen molar-refractivity contribution in [2.24, 2.45) is 5.41 Å². The average Bonchev–Trinajstić information content (AvgIpc) is 3.04. The van der Waals surface area contributed by atoms with E-state index in [9.17, 15) is 14.7 Å². The Bertz CT molecular complexity index is 503. The molecule has 1 aromatic rings. The van der Waals surface area contributed by atoms with Crippen LogP contribution >= 0.6 is 0 Å². The summed E-state index contributed by atoms with van der Waals surface area (Å²) in [6.07, 6.45) is 5.55. The monoisotopic (exact) mass is 309 g/mol. The van der Waals surface area contributed by atoms with Crippen molar-refractivity contribution in [2.45, 2.75) is 32.2 Å². The van der Waals surface area contributed by atoms with Gasteiger partial charge in [-0.1, -0.05) is 0 Å². The topological polar surface area (TPSA) is 84.7 Å². The van der Waals surface area contributed by atoms with Crippen molar-refractivity contribution in [3.63, 3.8) is 0 Å². The fourth-order valence-corrected chi connectivity index (χ4v) is 2.93. The van der Waals surface area contributed by atoms with Gasteiger partial charge >= 0.3 is 5.97 Å². The fourth-order valence-electron chi connectivity index (χ4n) is 2.93. The van der Waals surface area contributed by atoms with Crippen molar-refractivity contribution in [3.8, 4) is 0 Å². The van der Waals surface area contributed by atoms with Crippen LogP contribution in [-0.4, -0.2) is 58.5 Å². The number of piperidine rings is 1. The molecule has 1 unspecified atom stereocenters. The number of methoxy groups -OCH3 is 1. The number of rotatable bonds is 7. The van der Waals surface area contributed by atoms with Gasteiger partial charge in [-0.3, -0.25) is 14.3 Å². The summed E-state index contributed by atoms with van der Waals surface area (Å²) in [5, 5.41) is 13.7. The molecule has 7 heteroatoms. The van der Waals surface area contributed by atoms with Gasteiger partial charge in [-0.15, -0.1) is 0 Å². The number of nitrogens with zero attached hydrogens (tertiary/aromatic N) is 3. The molecule has 1 fully saturated rings. The van der Waals surface area contributed by atoms with E-state index < -0.39 is 11.4 Å². The van der Waals surface area contributed by atoms with Gasteiger partial charge in [0.25, 0.3) is 0 Å². The summed E-state index contributed by atoms with van der Waals surface area (Å²) in [4.78, 5) is 25.7. The molecule has 1 aromatic heterocycles. The average molecular weight is 309 g/mol. The van der Waals surface area contributed by atoms with E-state index in [-0.39, 0.29) is 12.5 Å². The Morgan fingerprint density at radius 3 is 2.91 bits per heavy atom. The Labute approximate surface area is 129 Å². The van der Waals surface area contributed by atoms with Gasteiger partial charge in [0.2, 0.25) is 5.91 Å². The first-order valence-electron chi connectivity index (χ1n) is 7.55. The van der Waals surface area contributed by atoms with Crippen LogP contribution in [0.5, 0.6) is 0 Å². The zero-order valence-electron chi connectivity index (χ0n) is 12.9. The zero-order chi connectivity index (χ0) is 16.0. The fraction of sp³-hybridized carbons (Fsp3) is 0.667. The maximum absolute atomic E-state index is 12.3. The molecule has 1 aliphatic rings. The van der Waals surface area contributed by atoms with Gasteiger partial charge in [-0.05, 0) is 25.3 Å². The lowest BCUT2D eigenvalue weighted by Crippen LogP contribution is -2.50. The number of carbonyl (C=O) groups excluding carboxylic acids is 1. The molecule has 0 radical (unpaired) electrons. The third kappa shape index (κ3) is 3.85. The Balaban J connectivity index is 1.95. The van der Waals surface area contributed by atoms with Gasteiger partial charge in [0.05, 0.1) is 5.41 Å². The predicted octanol–water partition coefficient (Wildman–Crippen LogP) is 1.00. The minimum absolute atomic E-state index is 0.0155. The van der Waals surface area contributed by atoms with Crippen molar-refractivity contribution >= 4 is 11.9 Å². The molecular weight excluding hydrogens is 286 g/mol. The summed E-state index contributed by atoms with van der Waals surface area (Å²) in [7, 11) is 1.56. The minimum atomic E-state index is -0.879. The lowest BCUT2D eigenvalue weighted by molar-refractivity contribution is -0.156. The molecular formula is C15H23N3O4. The maximum atomic E-state index is 12.3. The van der Waals surface area contributed by atoms with Crippen molar-refractivity contribution in [1.29, 1.82) is 0 Å². The van der Waals surface area contributed by atoms with E-state index in [1.54, 1.807) is 22.9 Å². The molecule has 7 nitrogen and oxygen atoms in total. The largest absolute Gasteiger partial charge is 0.481 e. The highest BCUT2D eigenvalue weighted by Crippen LogP contribution is 2.34. The second-order valence-electron chi connectivity index (χ2n) is 5.77. The summed E-state index contributed by atoms with van der Waals surface area (Å²) < 4.78 is 6.74. The van der Waals surface area contributed by atoms with Crippen LogP contribution in [0.15, 0.2) is 18.5 Å². The lowest BCUT2D eigenvalue weighted by atomic mass is 9.77. The van der Waals surface area contributed by atoms with Crippen LogP contribution in [0.2, 0.25) is 0 Å². The Hall–Kier alpha value is -1.89. The van der Waals surface area contributed by atoms with E-state index in [1.165, 1.54) is 0 Å². The standard InChI is InChI=1S/C15H23N3O4/c1-22-11-6-15(14(20)21)5-2-8-17(12-15)13(19)4-10-18-9-3-7-16-18/h3,7,9H,2,4-6,8,10-12H2,1H3,(H,20,21). The molecule has 1 saturated heterocycles. The third-order valence-electron chi connectivity index (χ3n) is 4.28. The van der Waals surface area contributed by atoms with E-state index in [4.69, 9.17) is 4.74 Å². The molecule has 0 bridgehead atoms. The summed E-state index contributed by atoms with van der Waals surface area (Å²) in [6, 6.07) is 1.81. The molecule has 1 aliphatic heterocycles. The van der Waals surface area contributed by atoms with Crippen molar-refractivity contribution in [2.75, 3.05) is 26.8 Å². The normalized spacial score (nSPS) is 21.8. The molecule has 0 aromatic carbocycles. The van der Waals surface area contributed by atoms with Gasteiger partial charge in [0, 0.05) is 52.2 Å². The van der Waals surface area contributed by atoms with Gasteiger partial charge in [-0.25, -0.2) is 0 Å². The van der Waals surface area contributed by atoms with E-state index in [0.717, 1.165) is 0 Å². The van der Waals surface area contributed by atoms with Crippen LogP contribution in [0.1, 0.15) is 25.7 Å². The van der Waals surface area contributed by atoms with Crippen LogP contribution in [0.4, 0.5) is 0 Å². The molecule has 0 spiro atoms. The second-order valence-corrected chi connectivity index (χ2v) is 5.77. The summed E-state index contributed by atoms with van der Waals surface area (Å²) in [5.74, 6) is -0.854. The molecule has 22 heavy (non-hydrogen) atoms. The van der Waals surface area contributed by atoms with Crippen LogP contribution in [-0.2, 0) is 20.9 Å². The number of hydrogen-bond acceptors (Lipinski definition) is 4. The molecule has 0 aliphatic carbocycles. The van der Waals surface area contributed by atoms with E-state index in [2.05, 4.69) is 5.10 Å². The van der Waals surface area contributed by atoms with Crippen LogP contribution in [0, 0.1) is 5.41 Å². The number of aromatic nitrogens is 2. The van der Waals surface area contributed by atoms with E-state index >= 15 is 0 Å². The number of amides is 1. The van der Waals surface area contributed by atoms with Gasteiger partial charge in [0.1, 0.15) is 0 Å². The highest BCUT2D eigenvalue weighted by Gasteiger charge is 2.43. The van der Waals surface area contributed by atoms with Crippen LogP contribution in [0.3, 0.4) is 0 Å². The summed E-state index contributed by atoms with van der Waals surface area (Å²) in [5.41, 5.74) is -0.879. The molecule has 2 heterocycles. The SMILES string of the molecule is COCCC1(C(=O)O)CCCN(C(=O)CCn2cccn2)C1. The molecule has 2 rings (SSSR count). The number of likely N-dealkylation sites (tertiary alicyclic amines) is 1. The highest BCUT2D eigenvalue weighted by molar-refractivity contribution is 5.79. The van der Waals surface area contributed by atoms with Gasteiger partial charge in [0.15, 0.2) is 0 Å². The number of carboxylic acid groups (broad SMARTS) is 1. The first kappa shape index (κ1) is 16.5. The van der Waals surface area contributed by atoms with Crippen LogP contribution in [0.25, 0.3) is 0 Å². The number of ether oxygens (including phenoxy) is 1. The minimum Gasteiger partial charge on any atom is -0.481 e. The second kappa shape index (κ2) is 7.40. The maximum Gasteiger partial charge on any atom is 0.311 e. The number of hydrogen-bond donors (Lipinski definition) is 1. The van der Waals surface area contributed by atoms with E-state index in [0.29, 0.717) is 45.4 Å². The van der Waals surface area contributed by atoms with Crippen molar-refractivity contribution < 1.29 is 19.4 Å². The summed E-state index contributed by atoms with van der Waals surface area (Å²) >= 11 is 0. The van der Waals surface area contributed by atoms with E-state index in [1.807, 2.05) is 12.3 Å². The van der Waals surface area contributed by atoms with Crippen molar-refractivity contribution in [3.05, 3.63) is 18.5 Å². The van der Waals surface area contributed by atoms with Crippen LogP contribution < -0.4 is 0 Å². The Morgan fingerprint density at radius 1 is 1.45 bits per heavy atom. The zero-order valence-corrected chi connectivity index (χ0v) is 12.9. The Morgan fingerprint density at radius 2 is 2.27 bits per heavy atom. The lowest BCUT2D eigenvalue weighted by Gasteiger charge is -2.40. The van der Waals surface area contributed by atoms with Gasteiger partial charge in [-0.2, -0.15) is 5.10 Å². The number of carboxylic acids is 1. The molecule has 1 N–H and O–H groups in total. The Kier molecular flexibility index (Phi) is 5.54. The molecule has 122 valence electrons. The first-order valence-corrected chi connectivity index (χ1v) is 7.55. The predicted molar refractivity (Wildman–Crippen MR) is 79.2 cm³/mol. The number of aliphatic carboxylic acids is 1. The molecule has 1 atom stereocenters. The molecule has 1 amide bonds.